The van der Waals surface area contributed by atoms with Crippen molar-refractivity contribution < 1.29 is 22.3 Å². The molecule has 0 radical (unpaired) electrons. The maximum absolute atomic E-state index is 15.3. The second-order valence-corrected chi connectivity index (χ2v) is 11.1. The number of carbonyl (C=O) groups is 1. The van der Waals surface area contributed by atoms with Crippen LogP contribution in [-0.2, 0) is 21.6 Å². The zero-order valence-corrected chi connectivity index (χ0v) is 21.8. The lowest BCUT2D eigenvalue weighted by Crippen LogP contribution is -2.27. The number of carbonyl (C=O) groups excluding carboxylic acids is 1. The van der Waals surface area contributed by atoms with E-state index in [4.69, 9.17) is 16.3 Å². The lowest BCUT2D eigenvalue weighted by Gasteiger charge is -2.18. The zero-order valence-electron chi connectivity index (χ0n) is 20.2. The van der Waals surface area contributed by atoms with Gasteiger partial charge in [0.15, 0.2) is 5.82 Å². The predicted molar refractivity (Wildman–Crippen MR) is 134 cm³/mol. The average Bonchev–Trinajstić information content (AvgIpc) is 3.51. The van der Waals surface area contributed by atoms with Gasteiger partial charge in [-0.15, -0.1) is 0 Å². The number of rotatable bonds is 6. The zero-order chi connectivity index (χ0) is 26.6. The third-order valence-corrected chi connectivity index (χ3v) is 7.10. The molecule has 1 N–H and O–H groups in total. The molecular weight excluding hydrogens is 527 g/mol. The smallest absolute Gasteiger partial charge is 0.416 e. The first kappa shape index (κ1) is 24.9. The van der Waals surface area contributed by atoms with E-state index in [1.54, 1.807) is 10.6 Å². The standard InChI is InChI=1S/C22H22ClFN8O4S/c1-11(2)32-15-8-12(7-14(24)18(15)29-20(32)31-5-6-36-22(31)33)17-13(23)9-25-19(28-17)27-16-10-26-21(30(16)3)37(4,34)35/h7-11H,5-6H2,1-4H3,(H,25,27,28). The molecule has 4 aromatic rings. The summed E-state index contributed by atoms with van der Waals surface area (Å²) >= 11 is 6.40. The molecule has 1 aliphatic heterocycles. The molecule has 1 fully saturated rings. The van der Waals surface area contributed by atoms with Gasteiger partial charge in [-0.2, -0.15) is 0 Å². The van der Waals surface area contributed by atoms with E-state index >= 15 is 4.39 Å². The Morgan fingerprint density at radius 3 is 2.57 bits per heavy atom. The summed E-state index contributed by atoms with van der Waals surface area (Å²) in [7, 11) is -2.01. The van der Waals surface area contributed by atoms with Gasteiger partial charge in [0.2, 0.25) is 26.9 Å². The molecule has 0 aliphatic carbocycles. The minimum atomic E-state index is -3.54. The van der Waals surface area contributed by atoms with Crippen molar-refractivity contribution in [1.29, 1.82) is 0 Å². The van der Waals surface area contributed by atoms with E-state index in [-0.39, 0.29) is 45.9 Å². The number of fused-ring (bicyclic) bond motifs is 1. The van der Waals surface area contributed by atoms with Crippen molar-refractivity contribution in [1.82, 2.24) is 29.1 Å². The van der Waals surface area contributed by atoms with E-state index in [1.165, 1.54) is 35.0 Å². The lowest BCUT2D eigenvalue weighted by atomic mass is 10.1. The van der Waals surface area contributed by atoms with Crippen molar-refractivity contribution in [2.75, 3.05) is 29.6 Å². The van der Waals surface area contributed by atoms with Gasteiger partial charge in [-0.1, -0.05) is 11.6 Å². The SMILES string of the molecule is CC(C)n1c(N2CCOC2=O)nc2c(F)cc(-c3nc(Nc4cnc(S(C)(=O)=O)n4C)ncc3Cl)cc21. The van der Waals surface area contributed by atoms with Crippen molar-refractivity contribution in [3.05, 3.63) is 35.4 Å². The number of imidazole rings is 2. The Kier molecular flexibility index (Phi) is 6.02. The molecule has 0 atom stereocenters. The Bertz CT molecular complexity index is 1670. The average molecular weight is 549 g/mol. The molecular formula is C22H22ClFN8O4S. The van der Waals surface area contributed by atoms with Crippen molar-refractivity contribution in [2.24, 2.45) is 7.05 Å². The van der Waals surface area contributed by atoms with E-state index < -0.39 is 21.7 Å². The summed E-state index contributed by atoms with van der Waals surface area (Å²) in [5.74, 6) is 0.100. The Morgan fingerprint density at radius 1 is 1.19 bits per heavy atom. The highest BCUT2D eigenvalue weighted by molar-refractivity contribution is 7.90. The summed E-state index contributed by atoms with van der Waals surface area (Å²) < 4.78 is 47.3. The van der Waals surface area contributed by atoms with Gasteiger partial charge in [0.05, 0.1) is 35.2 Å². The molecule has 37 heavy (non-hydrogen) atoms. The molecule has 0 bridgehead atoms. The Balaban J connectivity index is 1.59. The fourth-order valence-electron chi connectivity index (χ4n) is 4.15. The van der Waals surface area contributed by atoms with Crippen LogP contribution in [0.5, 0.6) is 0 Å². The van der Waals surface area contributed by atoms with E-state index in [2.05, 4.69) is 25.3 Å². The van der Waals surface area contributed by atoms with E-state index in [9.17, 15) is 13.2 Å². The highest BCUT2D eigenvalue weighted by atomic mass is 35.5. The summed E-state index contributed by atoms with van der Waals surface area (Å²) in [4.78, 5) is 30.5. The lowest BCUT2D eigenvalue weighted by molar-refractivity contribution is 0.181. The van der Waals surface area contributed by atoms with Crippen LogP contribution in [0.3, 0.4) is 0 Å². The highest BCUT2D eigenvalue weighted by Crippen LogP contribution is 2.35. The quantitative estimate of drug-likeness (QED) is 0.382. The fourth-order valence-corrected chi connectivity index (χ4v) is 5.19. The van der Waals surface area contributed by atoms with Crippen LogP contribution in [0.2, 0.25) is 5.02 Å². The number of nitrogens with zero attached hydrogens (tertiary/aromatic N) is 7. The summed E-state index contributed by atoms with van der Waals surface area (Å²) in [6.45, 7) is 4.33. The van der Waals surface area contributed by atoms with Crippen LogP contribution in [0.1, 0.15) is 19.9 Å². The fraction of sp³-hybridized carbons (Fsp3) is 0.318. The number of hydrogen-bond donors (Lipinski definition) is 1. The molecule has 1 amide bonds. The summed E-state index contributed by atoms with van der Waals surface area (Å²) in [5, 5.41) is 2.96. The summed E-state index contributed by atoms with van der Waals surface area (Å²) in [6, 6.07) is 2.80. The first-order chi connectivity index (χ1) is 17.5. The number of anilines is 3. The number of amides is 1. The van der Waals surface area contributed by atoms with E-state index in [0.29, 0.717) is 23.4 Å². The van der Waals surface area contributed by atoms with Gasteiger partial charge >= 0.3 is 6.09 Å². The van der Waals surface area contributed by atoms with Crippen LogP contribution in [0.15, 0.2) is 29.7 Å². The third-order valence-electron chi connectivity index (χ3n) is 5.78. The molecule has 0 unspecified atom stereocenters. The molecule has 0 saturated carbocycles. The summed E-state index contributed by atoms with van der Waals surface area (Å²) in [5.41, 5.74) is 1.15. The Hall–Kier alpha value is -3.78. The molecule has 0 spiro atoms. The normalized spacial score (nSPS) is 14.1. The molecule has 4 heterocycles. The molecule has 15 heteroatoms. The molecule has 5 rings (SSSR count). The second kappa shape index (κ2) is 8.95. The van der Waals surface area contributed by atoms with Crippen LogP contribution in [0.4, 0.5) is 26.9 Å². The van der Waals surface area contributed by atoms with E-state index in [1.807, 2.05) is 13.8 Å². The van der Waals surface area contributed by atoms with E-state index in [0.717, 1.165) is 6.26 Å². The maximum atomic E-state index is 15.3. The number of cyclic esters (lactones) is 1. The predicted octanol–water partition coefficient (Wildman–Crippen LogP) is 3.70. The molecule has 3 aromatic heterocycles. The number of halogens is 2. The van der Waals surface area contributed by atoms with Gasteiger partial charge in [0.1, 0.15) is 17.9 Å². The largest absolute Gasteiger partial charge is 0.447 e. The summed E-state index contributed by atoms with van der Waals surface area (Å²) in [6.07, 6.45) is 3.21. The van der Waals surface area contributed by atoms with Gasteiger partial charge in [-0.05, 0) is 26.0 Å². The van der Waals surface area contributed by atoms with Crippen molar-refractivity contribution in [2.45, 2.75) is 25.0 Å². The molecule has 1 aromatic carbocycles. The number of aromatic nitrogens is 6. The van der Waals surface area contributed by atoms with Crippen LogP contribution in [0.25, 0.3) is 22.3 Å². The van der Waals surface area contributed by atoms with Gasteiger partial charge in [-0.3, -0.25) is 0 Å². The van der Waals surface area contributed by atoms with Crippen molar-refractivity contribution >= 4 is 56.3 Å². The van der Waals surface area contributed by atoms with Gasteiger partial charge in [0, 0.05) is 24.9 Å². The minimum absolute atomic E-state index is 0.0962. The van der Waals surface area contributed by atoms with Crippen LogP contribution >= 0.6 is 11.6 Å². The monoisotopic (exact) mass is 548 g/mol. The first-order valence-electron chi connectivity index (χ1n) is 11.1. The number of hydrogen-bond acceptors (Lipinski definition) is 9. The number of ether oxygens (including phenoxy) is 1. The topological polar surface area (TPSA) is 137 Å². The van der Waals surface area contributed by atoms with Crippen LogP contribution in [-0.4, -0.2) is 63.0 Å². The van der Waals surface area contributed by atoms with Crippen molar-refractivity contribution in [3.8, 4) is 11.3 Å². The molecule has 1 saturated heterocycles. The Labute approximate surface area is 216 Å². The molecule has 194 valence electrons. The maximum Gasteiger partial charge on any atom is 0.416 e. The third kappa shape index (κ3) is 4.35. The van der Waals surface area contributed by atoms with Gasteiger partial charge in [0.25, 0.3) is 0 Å². The number of benzene rings is 1. The van der Waals surface area contributed by atoms with Gasteiger partial charge < -0.3 is 19.2 Å². The van der Waals surface area contributed by atoms with Crippen LogP contribution in [0, 0.1) is 5.82 Å². The Morgan fingerprint density at radius 2 is 1.95 bits per heavy atom. The van der Waals surface area contributed by atoms with Gasteiger partial charge in [-0.25, -0.2) is 42.4 Å². The second-order valence-electron chi connectivity index (χ2n) is 8.74. The number of sulfone groups is 1. The first-order valence-corrected chi connectivity index (χ1v) is 13.4. The highest BCUT2D eigenvalue weighted by Gasteiger charge is 2.30. The van der Waals surface area contributed by atoms with Crippen LogP contribution < -0.4 is 10.2 Å². The molecule has 1 aliphatic rings. The minimum Gasteiger partial charge on any atom is -0.447 e. The number of nitrogens with one attached hydrogen (secondary N) is 1. The molecule has 12 nitrogen and oxygen atoms in total. The van der Waals surface area contributed by atoms with Crippen molar-refractivity contribution in [3.63, 3.8) is 0 Å².